The summed E-state index contributed by atoms with van der Waals surface area (Å²) in [5.41, 5.74) is 0. The van der Waals surface area contributed by atoms with Crippen LogP contribution in [0, 0.1) is 0 Å². The Morgan fingerprint density at radius 3 is 2.92 bits per heavy atom. The average Bonchev–Trinajstić information content (AvgIpc) is 2.54. The monoisotopic (exact) mass is 202 g/mol. The molecule has 2 N–H and O–H groups in total. The molecule has 0 saturated carbocycles. The molecule has 0 spiro atoms. The van der Waals surface area contributed by atoms with Gasteiger partial charge in [-0.1, -0.05) is 11.6 Å². The second-order valence-electron chi connectivity index (χ2n) is 2.85. The molecule has 66 valence electrons. The van der Waals surface area contributed by atoms with Gasteiger partial charge in [-0.25, -0.2) is 0 Å². The summed E-state index contributed by atoms with van der Waals surface area (Å²) < 4.78 is 0.873. The number of hydrogen-bond acceptors (Lipinski definition) is 3. The van der Waals surface area contributed by atoms with Crippen molar-refractivity contribution >= 4 is 22.9 Å². The van der Waals surface area contributed by atoms with Crippen LogP contribution in [0.4, 0.5) is 0 Å². The summed E-state index contributed by atoms with van der Waals surface area (Å²) in [4.78, 5) is 1.33. The van der Waals surface area contributed by atoms with Gasteiger partial charge in [0.2, 0.25) is 0 Å². The summed E-state index contributed by atoms with van der Waals surface area (Å²) >= 11 is 7.51. The van der Waals surface area contributed by atoms with Gasteiger partial charge in [0.15, 0.2) is 0 Å². The van der Waals surface area contributed by atoms with Crippen LogP contribution >= 0.6 is 22.9 Å². The van der Waals surface area contributed by atoms with E-state index in [0.29, 0.717) is 6.04 Å². The van der Waals surface area contributed by atoms with Crippen LogP contribution in [0.3, 0.4) is 0 Å². The predicted molar refractivity (Wildman–Crippen MR) is 52.9 cm³/mol. The van der Waals surface area contributed by atoms with Gasteiger partial charge in [-0.05, 0) is 12.1 Å². The van der Waals surface area contributed by atoms with Crippen LogP contribution < -0.4 is 10.6 Å². The summed E-state index contributed by atoms with van der Waals surface area (Å²) in [5, 5.41) is 6.78. The molecule has 0 radical (unpaired) electrons. The van der Waals surface area contributed by atoms with Crippen LogP contribution in [-0.2, 0) is 0 Å². The highest BCUT2D eigenvalue weighted by Crippen LogP contribution is 2.26. The largest absolute Gasteiger partial charge is 0.314 e. The molecular weight excluding hydrogens is 192 g/mol. The molecule has 1 aromatic rings. The Bertz CT molecular complexity index is 255. The first-order valence-corrected chi connectivity index (χ1v) is 5.25. The Balaban J connectivity index is 2.08. The van der Waals surface area contributed by atoms with Gasteiger partial charge in [-0.15, -0.1) is 11.3 Å². The molecule has 1 aromatic heterocycles. The van der Waals surface area contributed by atoms with E-state index in [9.17, 15) is 0 Å². The minimum absolute atomic E-state index is 0.455. The minimum atomic E-state index is 0.455. The Kier molecular flexibility index (Phi) is 2.66. The van der Waals surface area contributed by atoms with E-state index in [1.54, 1.807) is 11.3 Å². The van der Waals surface area contributed by atoms with Gasteiger partial charge in [-0.3, -0.25) is 0 Å². The summed E-state index contributed by atoms with van der Waals surface area (Å²) in [7, 11) is 0. The van der Waals surface area contributed by atoms with Crippen molar-refractivity contribution in [2.75, 3.05) is 19.6 Å². The molecule has 1 fully saturated rings. The third-order valence-electron chi connectivity index (χ3n) is 1.98. The molecule has 0 aliphatic carbocycles. The second kappa shape index (κ2) is 3.75. The van der Waals surface area contributed by atoms with Gasteiger partial charge in [0.25, 0.3) is 0 Å². The molecule has 1 atom stereocenters. The van der Waals surface area contributed by atoms with Gasteiger partial charge in [-0.2, -0.15) is 0 Å². The van der Waals surface area contributed by atoms with E-state index >= 15 is 0 Å². The molecule has 1 unspecified atom stereocenters. The lowest BCUT2D eigenvalue weighted by Crippen LogP contribution is -2.42. The van der Waals surface area contributed by atoms with Crippen LogP contribution in [0.15, 0.2) is 12.1 Å². The maximum atomic E-state index is 5.85. The topological polar surface area (TPSA) is 24.1 Å². The molecular formula is C8H11ClN2S. The molecule has 1 aliphatic rings. The number of nitrogens with one attached hydrogen (secondary N) is 2. The van der Waals surface area contributed by atoms with Crippen LogP contribution in [0.2, 0.25) is 4.34 Å². The van der Waals surface area contributed by atoms with Crippen LogP contribution in [-0.4, -0.2) is 19.6 Å². The molecule has 2 rings (SSSR count). The zero-order valence-electron chi connectivity index (χ0n) is 6.64. The SMILES string of the molecule is Clc1ccc(C2CNCCN2)s1. The first-order valence-electron chi connectivity index (χ1n) is 4.05. The summed E-state index contributed by atoms with van der Waals surface area (Å²) in [6.45, 7) is 3.12. The highest BCUT2D eigenvalue weighted by molar-refractivity contribution is 7.16. The van der Waals surface area contributed by atoms with E-state index in [1.165, 1.54) is 4.88 Å². The Hall–Kier alpha value is -0.0900. The Morgan fingerprint density at radius 2 is 2.33 bits per heavy atom. The van der Waals surface area contributed by atoms with E-state index in [4.69, 9.17) is 11.6 Å². The quantitative estimate of drug-likeness (QED) is 0.724. The lowest BCUT2D eigenvalue weighted by atomic mass is 10.2. The fourth-order valence-electron chi connectivity index (χ4n) is 1.37. The number of thiophene rings is 1. The van der Waals surface area contributed by atoms with Crippen LogP contribution in [0.1, 0.15) is 10.9 Å². The molecule has 2 heterocycles. The van der Waals surface area contributed by atoms with Crippen molar-refractivity contribution in [3.05, 3.63) is 21.3 Å². The molecule has 2 nitrogen and oxygen atoms in total. The minimum Gasteiger partial charge on any atom is -0.314 e. The Labute approximate surface area is 80.9 Å². The van der Waals surface area contributed by atoms with E-state index in [0.717, 1.165) is 24.0 Å². The van der Waals surface area contributed by atoms with E-state index in [2.05, 4.69) is 16.7 Å². The van der Waals surface area contributed by atoms with E-state index < -0.39 is 0 Å². The van der Waals surface area contributed by atoms with Gasteiger partial charge in [0.05, 0.1) is 10.4 Å². The Morgan fingerprint density at radius 1 is 1.42 bits per heavy atom. The van der Waals surface area contributed by atoms with E-state index in [1.807, 2.05) is 6.07 Å². The van der Waals surface area contributed by atoms with Crippen molar-refractivity contribution < 1.29 is 0 Å². The lowest BCUT2D eigenvalue weighted by Gasteiger charge is -2.23. The molecule has 0 aromatic carbocycles. The first kappa shape index (κ1) is 8.51. The summed E-state index contributed by atoms with van der Waals surface area (Å²) in [6, 6.07) is 4.51. The molecule has 4 heteroatoms. The molecule has 0 amide bonds. The highest BCUT2D eigenvalue weighted by Gasteiger charge is 2.15. The first-order chi connectivity index (χ1) is 5.86. The smallest absolute Gasteiger partial charge is 0.0931 e. The van der Waals surface area contributed by atoms with Crippen LogP contribution in [0.5, 0.6) is 0 Å². The van der Waals surface area contributed by atoms with Gasteiger partial charge in [0, 0.05) is 24.5 Å². The number of rotatable bonds is 1. The number of piperazine rings is 1. The summed E-state index contributed by atoms with van der Waals surface area (Å²) in [6.07, 6.45) is 0. The third-order valence-corrected chi connectivity index (χ3v) is 3.32. The van der Waals surface area contributed by atoms with Crippen molar-refractivity contribution in [3.63, 3.8) is 0 Å². The van der Waals surface area contributed by atoms with Crippen molar-refractivity contribution in [2.45, 2.75) is 6.04 Å². The van der Waals surface area contributed by atoms with Crippen molar-refractivity contribution in [3.8, 4) is 0 Å². The third kappa shape index (κ3) is 1.80. The number of halogens is 1. The van der Waals surface area contributed by atoms with Crippen LogP contribution in [0.25, 0.3) is 0 Å². The van der Waals surface area contributed by atoms with E-state index in [-0.39, 0.29) is 0 Å². The maximum absolute atomic E-state index is 5.85. The van der Waals surface area contributed by atoms with Crippen molar-refractivity contribution in [2.24, 2.45) is 0 Å². The molecule has 1 aliphatic heterocycles. The van der Waals surface area contributed by atoms with Crippen molar-refractivity contribution in [1.29, 1.82) is 0 Å². The zero-order chi connectivity index (χ0) is 8.39. The van der Waals surface area contributed by atoms with Crippen molar-refractivity contribution in [1.82, 2.24) is 10.6 Å². The summed E-state index contributed by atoms with van der Waals surface area (Å²) in [5.74, 6) is 0. The lowest BCUT2D eigenvalue weighted by molar-refractivity contribution is 0.435. The predicted octanol–water partition coefficient (Wildman–Crippen LogP) is 1.64. The van der Waals surface area contributed by atoms with Gasteiger partial charge >= 0.3 is 0 Å². The maximum Gasteiger partial charge on any atom is 0.0931 e. The van der Waals surface area contributed by atoms with Gasteiger partial charge < -0.3 is 10.6 Å². The molecule has 12 heavy (non-hydrogen) atoms. The fourth-order valence-corrected chi connectivity index (χ4v) is 2.51. The number of hydrogen-bond donors (Lipinski definition) is 2. The molecule has 0 bridgehead atoms. The standard InChI is InChI=1S/C8H11ClN2S/c9-8-2-1-7(12-8)6-5-10-3-4-11-6/h1-2,6,10-11H,3-5H2. The second-order valence-corrected chi connectivity index (χ2v) is 4.60. The normalized spacial score (nSPS) is 24.2. The zero-order valence-corrected chi connectivity index (χ0v) is 8.21. The highest BCUT2D eigenvalue weighted by atomic mass is 35.5. The average molecular weight is 203 g/mol. The molecule has 1 saturated heterocycles. The van der Waals surface area contributed by atoms with Gasteiger partial charge in [0.1, 0.15) is 0 Å². The fraction of sp³-hybridized carbons (Fsp3) is 0.500.